The maximum absolute atomic E-state index is 12.8. The highest BCUT2D eigenvalue weighted by atomic mass is 19.4. The van der Waals surface area contributed by atoms with Crippen LogP contribution in [0, 0.1) is 0 Å². The highest BCUT2D eigenvalue weighted by molar-refractivity contribution is 5.79. The largest absolute Gasteiger partial charge is 0.573 e. The Hall–Kier alpha value is -3.64. The number of fused-ring (bicyclic) bond motifs is 3. The molecule has 29 heavy (non-hydrogen) atoms. The number of rotatable bonds is 2. The van der Waals surface area contributed by atoms with E-state index in [1.165, 1.54) is 24.4 Å². The van der Waals surface area contributed by atoms with Crippen LogP contribution in [0.4, 0.5) is 26.3 Å². The molecule has 0 saturated carbocycles. The zero-order chi connectivity index (χ0) is 21.0. The van der Waals surface area contributed by atoms with Gasteiger partial charge in [-0.05, 0) is 30.3 Å². The lowest BCUT2D eigenvalue weighted by molar-refractivity contribution is -0.274. The van der Waals surface area contributed by atoms with Gasteiger partial charge in [0.2, 0.25) is 0 Å². The first-order valence-corrected chi connectivity index (χ1v) is 7.73. The second-order valence-electron chi connectivity index (χ2n) is 5.73. The molecule has 4 rings (SSSR count). The number of nitrogens with zero attached hydrogens (tertiary/aromatic N) is 5. The van der Waals surface area contributed by atoms with Gasteiger partial charge >= 0.3 is 12.5 Å². The van der Waals surface area contributed by atoms with Gasteiger partial charge in [0, 0.05) is 18.1 Å². The Morgan fingerprint density at radius 2 is 1.66 bits per heavy atom. The molecule has 0 atom stereocenters. The summed E-state index contributed by atoms with van der Waals surface area (Å²) in [6, 6.07) is 5.80. The van der Waals surface area contributed by atoms with Crippen LogP contribution < -0.4 is 10.3 Å². The highest BCUT2D eigenvalue weighted by Gasteiger charge is 2.36. The lowest BCUT2D eigenvalue weighted by atomic mass is 10.2. The van der Waals surface area contributed by atoms with Crippen molar-refractivity contribution in [2.75, 3.05) is 0 Å². The number of alkyl halides is 6. The number of hydrogen-bond acceptors (Lipinski definition) is 5. The smallest absolute Gasteiger partial charge is 0.406 e. The van der Waals surface area contributed by atoms with Gasteiger partial charge in [-0.15, -0.1) is 18.3 Å². The van der Waals surface area contributed by atoms with Crippen LogP contribution in [0.2, 0.25) is 0 Å². The van der Waals surface area contributed by atoms with Crippen molar-refractivity contribution in [2.45, 2.75) is 12.5 Å². The van der Waals surface area contributed by atoms with E-state index < -0.39 is 29.7 Å². The summed E-state index contributed by atoms with van der Waals surface area (Å²) in [7, 11) is 0. The molecule has 3 aromatic heterocycles. The molecule has 0 aliphatic heterocycles. The fourth-order valence-corrected chi connectivity index (χ4v) is 2.65. The van der Waals surface area contributed by atoms with E-state index in [0.717, 1.165) is 27.4 Å². The molecule has 3 heterocycles. The van der Waals surface area contributed by atoms with Crippen molar-refractivity contribution in [3.63, 3.8) is 0 Å². The average molecular weight is 415 g/mol. The van der Waals surface area contributed by atoms with Gasteiger partial charge in [-0.2, -0.15) is 22.7 Å². The van der Waals surface area contributed by atoms with Gasteiger partial charge in [0.25, 0.3) is 17.2 Å². The first-order chi connectivity index (χ1) is 13.5. The number of benzene rings is 1. The number of ether oxygens (including phenoxy) is 1. The minimum absolute atomic E-state index is 0.0382. The monoisotopic (exact) mass is 415 g/mol. The summed E-state index contributed by atoms with van der Waals surface area (Å²) < 4.78 is 80.8. The molecule has 0 aliphatic carbocycles. The maximum Gasteiger partial charge on any atom is 0.573 e. The Kier molecular flexibility index (Phi) is 3.99. The SMILES string of the molecule is O=c1c2cnc3nc(C(F)(F)F)nn3c2ccn1-c1ccc(OC(F)(F)F)cc1. The van der Waals surface area contributed by atoms with Gasteiger partial charge in [-0.3, -0.25) is 9.36 Å². The summed E-state index contributed by atoms with van der Waals surface area (Å²) in [4.78, 5) is 19.7. The van der Waals surface area contributed by atoms with Crippen LogP contribution in [-0.4, -0.2) is 30.5 Å². The molecular formula is C16H7F6N5O2. The summed E-state index contributed by atoms with van der Waals surface area (Å²) >= 11 is 0. The second kappa shape index (κ2) is 6.18. The minimum Gasteiger partial charge on any atom is -0.406 e. The summed E-state index contributed by atoms with van der Waals surface area (Å²) in [5.74, 6) is -2.21. The van der Waals surface area contributed by atoms with Crippen molar-refractivity contribution in [2.24, 2.45) is 0 Å². The second-order valence-corrected chi connectivity index (χ2v) is 5.73. The molecule has 13 heteroatoms. The van der Waals surface area contributed by atoms with Gasteiger partial charge < -0.3 is 4.74 Å². The van der Waals surface area contributed by atoms with Crippen molar-refractivity contribution in [1.82, 2.24) is 24.1 Å². The molecular weight excluding hydrogens is 408 g/mol. The quantitative estimate of drug-likeness (QED) is 0.470. The zero-order valence-corrected chi connectivity index (χ0v) is 13.9. The van der Waals surface area contributed by atoms with Crippen molar-refractivity contribution < 1.29 is 31.1 Å². The van der Waals surface area contributed by atoms with Gasteiger partial charge in [0.15, 0.2) is 0 Å². The predicted molar refractivity (Wildman–Crippen MR) is 85.6 cm³/mol. The standard InChI is InChI=1S/C16H7F6N5O2/c17-15(18,19)13-24-14-23-7-10-11(27(14)25-13)5-6-26(12(10)28)8-1-3-9(4-2-8)29-16(20,21)22/h1-7H. The highest BCUT2D eigenvalue weighted by Crippen LogP contribution is 2.27. The molecule has 0 radical (unpaired) electrons. The first-order valence-electron chi connectivity index (χ1n) is 7.73. The Labute approximate surface area is 155 Å². The summed E-state index contributed by atoms with van der Waals surface area (Å²) in [5.41, 5.74) is -0.414. The number of hydrogen-bond donors (Lipinski definition) is 0. The third kappa shape index (κ3) is 3.46. The molecule has 0 amide bonds. The van der Waals surface area contributed by atoms with E-state index in [-0.39, 0.29) is 22.4 Å². The molecule has 0 aliphatic rings. The van der Waals surface area contributed by atoms with Crippen LogP contribution in [0.5, 0.6) is 5.75 Å². The van der Waals surface area contributed by atoms with Gasteiger partial charge in [0.05, 0.1) is 10.9 Å². The predicted octanol–water partition coefficient (Wildman–Crippen LogP) is 3.35. The van der Waals surface area contributed by atoms with E-state index in [9.17, 15) is 31.1 Å². The summed E-state index contributed by atoms with van der Waals surface area (Å²) in [5, 5.41) is 3.29. The fourth-order valence-electron chi connectivity index (χ4n) is 2.65. The van der Waals surface area contributed by atoms with Gasteiger partial charge in [0.1, 0.15) is 5.75 Å². The molecule has 0 spiro atoms. The summed E-state index contributed by atoms with van der Waals surface area (Å²) in [6.07, 6.45) is -7.33. The third-order valence-corrected chi connectivity index (χ3v) is 3.84. The molecule has 0 N–H and O–H groups in total. The Morgan fingerprint density at radius 3 is 2.28 bits per heavy atom. The lowest BCUT2D eigenvalue weighted by Crippen LogP contribution is -2.19. The summed E-state index contributed by atoms with van der Waals surface area (Å²) in [6.45, 7) is 0. The van der Waals surface area contributed by atoms with Crippen LogP contribution in [0.3, 0.4) is 0 Å². The molecule has 0 unspecified atom stereocenters. The van der Waals surface area contributed by atoms with E-state index in [4.69, 9.17) is 0 Å². The molecule has 0 saturated heterocycles. The molecule has 1 aromatic carbocycles. The number of aromatic nitrogens is 5. The number of pyridine rings is 1. The molecule has 0 fully saturated rings. The van der Waals surface area contributed by atoms with E-state index in [1.54, 1.807) is 0 Å². The number of halogens is 6. The Bertz CT molecular complexity index is 1270. The van der Waals surface area contributed by atoms with Crippen molar-refractivity contribution in [3.8, 4) is 11.4 Å². The Balaban J connectivity index is 1.80. The van der Waals surface area contributed by atoms with Crippen molar-refractivity contribution in [1.29, 1.82) is 0 Å². The minimum atomic E-state index is -4.86. The Morgan fingerprint density at radius 1 is 0.966 bits per heavy atom. The van der Waals surface area contributed by atoms with Crippen molar-refractivity contribution in [3.05, 3.63) is 58.9 Å². The van der Waals surface area contributed by atoms with E-state index in [2.05, 4.69) is 19.8 Å². The average Bonchev–Trinajstić information content (AvgIpc) is 3.07. The topological polar surface area (TPSA) is 74.3 Å². The first kappa shape index (κ1) is 18.7. The van der Waals surface area contributed by atoms with Crippen molar-refractivity contribution >= 4 is 16.7 Å². The molecule has 7 nitrogen and oxygen atoms in total. The van der Waals surface area contributed by atoms with Crippen LogP contribution in [0.25, 0.3) is 22.4 Å². The lowest BCUT2D eigenvalue weighted by Gasteiger charge is -2.11. The maximum atomic E-state index is 12.8. The van der Waals surface area contributed by atoms with E-state index in [1.807, 2.05) is 0 Å². The van der Waals surface area contributed by atoms with Gasteiger partial charge in [-0.25, -0.2) is 4.98 Å². The zero-order valence-electron chi connectivity index (χ0n) is 13.9. The van der Waals surface area contributed by atoms with Crippen LogP contribution in [0.15, 0.2) is 47.5 Å². The van der Waals surface area contributed by atoms with E-state index in [0.29, 0.717) is 0 Å². The van der Waals surface area contributed by atoms with Crippen LogP contribution in [0.1, 0.15) is 5.82 Å². The molecule has 0 bridgehead atoms. The van der Waals surface area contributed by atoms with E-state index >= 15 is 0 Å². The normalized spacial score (nSPS) is 12.6. The van der Waals surface area contributed by atoms with Gasteiger partial charge in [-0.1, -0.05) is 0 Å². The van der Waals surface area contributed by atoms with Crippen LogP contribution in [-0.2, 0) is 6.18 Å². The third-order valence-electron chi connectivity index (χ3n) is 3.84. The fraction of sp³-hybridized carbons (Fsp3) is 0.125. The van der Waals surface area contributed by atoms with Crippen LogP contribution >= 0.6 is 0 Å². The molecule has 4 aromatic rings. The molecule has 150 valence electrons.